The molecule has 0 saturated heterocycles. The smallest absolute Gasteiger partial charge is 0.407 e. The highest BCUT2D eigenvalue weighted by atomic mass is 16.6. The lowest BCUT2D eigenvalue weighted by atomic mass is 9.63. The molecule has 0 aromatic carbocycles. The Morgan fingerprint density at radius 3 is 2.58 bits per heavy atom. The number of rotatable bonds is 7. The van der Waals surface area contributed by atoms with E-state index < -0.39 is 12.1 Å². The van der Waals surface area contributed by atoms with Crippen LogP contribution in [0.1, 0.15) is 40.0 Å². The second-order valence-corrected chi connectivity index (χ2v) is 7.29. The van der Waals surface area contributed by atoms with Gasteiger partial charge in [0.15, 0.2) is 0 Å². The Morgan fingerprint density at radius 1 is 1.29 bits per heavy atom. The molecule has 7 heteroatoms. The summed E-state index contributed by atoms with van der Waals surface area (Å²) in [4.78, 5) is 22.8. The van der Waals surface area contributed by atoms with Gasteiger partial charge in [0.25, 0.3) is 6.26 Å². The van der Waals surface area contributed by atoms with Crippen molar-refractivity contribution in [2.75, 3.05) is 19.8 Å². The summed E-state index contributed by atoms with van der Waals surface area (Å²) >= 11 is 0. The van der Waals surface area contributed by atoms with Gasteiger partial charge in [0.1, 0.15) is 19.8 Å². The number of nitriles is 1. The lowest BCUT2D eigenvalue weighted by Gasteiger charge is -2.45. The molecule has 1 rings (SSSR count). The molecule has 1 N–H and O–H groups in total. The van der Waals surface area contributed by atoms with Gasteiger partial charge >= 0.3 is 12.1 Å². The molecule has 1 fully saturated rings. The molecule has 7 nitrogen and oxygen atoms in total. The summed E-state index contributed by atoms with van der Waals surface area (Å²) in [7, 11) is 0. The molecule has 1 saturated carbocycles. The van der Waals surface area contributed by atoms with Crippen LogP contribution >= 0.6 is 0 Å². The number of esters is 1. The number of carbonyl (C=O) groups is 2. The molecule has 0 bridgehead atoms. The van der Waals surface area contributed by atoms with Crippen molar-refractivity contribution in [2.24, 2.45) is 10.8 Å². The molecule has 0 aromatic rings. The summed E-state index contributed by atoms with van der Waals surface area (Å²) in [6.45, 7) is 9.89. The van der Waals surface area contributed by atoms with E-state index in [1.54, 1.807) is 6.26 Å². The number of hydrogen-bond acceptors (Lipinski definition) is 6. The van der Waals surface area contributed by atoms with Crippen LogP contribution in [0.3, 0.4) is 0 Å². The highest BCUT2D eigenvalue weighted by Gasteiger charge is 2.42. The quantitative estimate of drug-likeness (QED) is 0.331. The zero-order chi connectivity index (χ0) is 18.2. The predicted molar refractivity (Wildman–Crippen MR) is 86.7 cm³/mol. The Labute approximate surface area is 142 Å². The second kappa shape index (κ2) is 8.57. The van der Waals surface area contributed by atoms with Crippen LogP contribution in [-0.4, -0.2) is 37.9 Å². The number of amides is 1. The number of hydrogen-bond donors (Lipinski definition) is 1. The molecule has 0 spiro atoms. The van der Waals surface area contributed by atoms with Crippen LogP contribution in [0.15, 0.2) is 12.7 Å². The highest BCUT2D eigenvalue weighted by molar-refractivity contribution is 5.81. The van der Waals surface area contributed by atoms with Gasteiger partial charge in [-0.1, -0.05) is 27.4 Å². The number of ether oxygens (including phenoxy) is 3. The Kier molecular flexibility index (Phi) is 7.08. The monoisotopic (exact) mass is 338 g/mol. The number of nitrogens with zero attached hydrogens (tertiary/aromatic N) is 1. The molecular formula is C17H26N2O5. The second-order valence-electron chi connectivity index (χ2n) is 7.29. The fourth-order valence-corrected chi connectivity index (χ4v) is 3.60. The average Bonchev–Trinajstić information content (AvgIpc) is 2.47. The lowest BCUT2D eigenvalue weighted by molar-refractivity contribution is -0.138. The molecular weight excluding hydrogens is 312 g/mol. The zero-order valence-electron chi connectivity index (χ0n) is 14.6. The molecule has 1 aliphatic rings. The third-order valence-corrected chi connectivity index (χ3v) is 3.98. The van der Waals surface area contributed by atoms with Gasteiger partial charge in [-0.25, -0.2) is 9.59 Å². The van der Waals surface area contributed by atoms with E-state index in [4.69, 9.17) is 19.5 Å². The van der Waals surface area contributed by atoms with Crippen LogP contribution < -0.4 is 5.32 Å². The minimum absolute atomic E-state index is 0.0117. The standard InChI is InChI=1S/C17H26N2O5/c1-5-14(20)23-6-7-24-15(21)19-13-8-16(2,3)10-17(4,9-13)11-22-12-18/h5,13H,1,6-11H2,2-4H3,(H,19,21). The molecule has 1 aliphatic carbocycles. The van der Waals surface area contributed by atoms with Crippen LogP contribution in [0.25, 0.3) is 0 Å². The van der Waals surface area contributed by atoms with E-state index in [1.165, 1.54) is 0 Å². The fourth-order valence-electron chi connectivity index (χ4n) is 3.60. The van der Waals surface area contributed by atoms with Crippen molar-refractivity contribution in [3.8, 4) is 6.26 Å². The van der Waals surface area contributed by atoms with Crippen molar-refractivity contribution in [1.82, 2.24) is 5.32 Å². The summed E-state index contributed by atoms with van der Waals surface area (Å²) in [6.07, 6.45) is 4.65. The average molecular weight is 338 g/mol. The van der Waals surface area contributed by atoms with Crippen LogP contribution in [0.2, 0.25) is 0 Å². The molecule has 0 heterocycles. The number of alkyl carbamates (subject to hydrolysis) is 1. The van der Waals surface area contributed by atoms with E-state index in [0.717, 1.165) is 18.9 Å². The fraction of sp³-hybridized carbons (Fsp3) is 0.706. The summed E-state index contributed by atoms with van der Waals surface area (Å²) in [5.41, 5.74) is -0.168. The molecule has 0 aromatic heterocycles. The van der Waals surface area contributed by atoms with Crippen molar-refractivity contribution < 1.29 is 23.8 Å². The normalized spacial score (nSPS) is 25.0. The van der Waals surface area contributed by atoms with E-state index in [2.05, 4.69) is 32.7 Å². The minimum atomic E-state index is -0.554. The first-order valence-electron chi connectivity index (χ1n) is 7.93. The van der Waals surface area contributed by atoms with Crippen LogP contribution in [0, 0.1) is 22.3 Å². The molecule has 2 atom stereocenters. The van der Waals surface area contributed by atoms with Crippen molar-refractivity contribution in [2.45, 2.75) is 46.1 Å². The topological polar surface area (TPSA) is 97.7 Å². The van der Waals surface area contributed by atoms with Crippen molar-refractivity contribution >= 4 is 12.1 Å². The first kappa shape index (κ1) is 19.8. The van der Waals surface area contributed by atoms with E-state index in [1.807, 2.05) is 0 Å². The van der Waals surface area contributed by atoms with E-state index in [9.17, 15) is 9.59 Å². The summed E-state index contributed by atoms with van der Waals surface area (Å²) in [5, 5.41) is 11.5. The Hall–Kier alpha value is -2.23. The maximum Gasteiger partial charge on any atom is 0.407 e. The summed E-state index contributed by atoms with van der Waals surface area (Å²) in [5.74, 6) is -0.554. The van der Waals surface area contributed by atoms with Gasteiger partial charge in [-0.2, -0.15) is 5.26 Å². The highest BCUT2D eigenvalue weighted by Crippen LogP contribution is 2.46. The number of nitrogens with one attached hydrogen (secondary N) is 1. The molecule has 24 heavy (non-hydrogen) atoms. The molecule has 2 unspecified atom stereocenters. The molecule has 1 amide bonds. The van der Waals surface area contributed by atoms with Crippen LogP contribution in [0.5, 0.6) is 0 Å². The molecule has 134 valence electrons. The SMILES string of the molecule is C=CC(=O)OCCOC(=O)NC1CC(C)(C)CC(C)(COC#N)C1. The van der Waals surface area contributed by atoms with E-state index in [0.29, 0.717) is 13.0 Å². The largest absolute Gasteiger partial charge is 0.459 e. The first-order chi connectivity index (χ1) is 11.2. The van der Waals surface area contributed by atoms with Gasteiger partial charge in [-0.05, 0) is 24.7 Å². The van der Waals surface area contributed by atoms with Gasteiger partial charge in [-0.15, -0.1) is 0 Å². The summed E-state index contributed by atoms with van der Waals surface area (Å²) in [6, 6.07) is -0.0655. The third kappa shape index (κ3) is 6.90. The third-order valence-electron chi connectivity index (χ3n) is 3.98. The van der Waals surface area contributed by atoms with Gasteiger partial charge in [0, 0.05) is 17.5 Å². The number of carbonyl (C=O) groups excluding carboxylic acids is 2. The van der Waals surface area contributed by atoms with Gasteiger partial charge in [0.05, 0.1) is 0 Å². The van der Waals surface area contributed by atoms with Gasteiger partial charge in [0.2, 0.25) is 0 Å². The Balaban J connectivity index is 2.47. The maximum absolute atomic E-state index is 11.9. The van der Waals surface area contributed by atoms with E-state index in [-0.39, 0.29) is 30.1 Å². The predicted octanol–water partition coefficient (Wildman–Crippen LogP) is 2.52. The summed E-state index contributed by atoms with van der Waals surface area (Å²) < 4.78 is 14.7. The van der Waals surface area contributed by atoms with Gasteiger partial charge in [-0.3, -0.25) is 0 Å². The molecule has 0 radical (unpaired) electrons. The first-order valence-corrected chi connectivity index (χ1v) is 7.93. The Bertz CT molecular complexity index is 512. The molecule has 0 aliphatic heterocycles. The minimum Gasteiger partial charge on any atom is -0.459 e. The lowest BCUT2D eigenvalue weighted by Crippen LogP contribution is -2.48. The van der Waals surface area contributed by atoms with Crippen molar-refractivity contribution in [1.29, 1.82) is 5.26 Å². The zero-order valence-corrected chi connectivity index (χ0v) is 14.6. The van der Waals surface area contributed by atoms with Gasteiger partial charge < -0.3 is 19.5 Å². The Morgan fingerprint density at radius 2 is 1.96 bits per heavy atom. The van der Waals surface area contributed by atoms with Crippen LogP contribution in [-0.2, 0) is 19.0 Å². The van der Waals surface area contributed by atoms with Crippen molar-refractivity contribution in [3.63, 3.8) is 0 Å². The maximum atomic E-state index is 11.9. The van der Waals surface area contributed by atoms with E-state index >= 15 is 0 Å². The van der Waals surface area contributed by atoms with Crippen LogP contribution in [0.4, 0.5) is 4.79 Å². The van der Waals surface area contributed by atoms with Crippen molar-refractivity contribution in [3.05, 3.63) is 12.7 Å².